The first-order valence-corrected chi connectivity index (χ1v) is 7.53. The second-order valence-corrected chi connectivity index (χ2v) is 5.22. The largest absolute Gasteiger partial charge is 0.494 e. The van der Waals surface area contributed by atoms with Crippen LogP contribution in [0.3, 0.4) is 0 Å². The number of hydrogen-bond acceptors (Lipinski definition) is 4. The molecule has 0 aliphatic carbocycles. The average molecular weight is 292 g/mol. The van der Waals surface area contributed by atoms with Crippen molar-refractivity contribution in [1.82, 2.24) is 10.6 Å². The van der Waals surface area contributed by atoms with Crippen LogP contribution < -0.4 is 15.4 Å². The fraction of sp³-hybridized carbons (Fsp3) is 0.562. The molecular formula is C16H24N2O3. The van der Waals surface area contributed by atoms with Gasteiger partial charge >= 0.3 is 0 Å². The standard InChI is InChI=1S/C16H24N2O3/c1-20-10-3-11-21-15-7-5-13(6-8-15)16(19)18-12-14-4-2-9-17-14/h5-8,14,17H,2-4,9-12H2,1H3,(H,18,19). The van der Waals surface area contributed by atoms with Crippen LogP contribution in [0.4, 0.5) is 0 Å². The third kappa shape index (κ3) is 5.36. The maximum atomic E-state index is 12.0. The molecule has 1 amide bonds. The lowest BCUT2D eigenvalue weighted by molar-refractivity contribution is 0.0950. The zero-order chi connectivity index (χ0) is 14.9. The van der Waals surface area contributed by atoms with Crippen LogP contribution in [-0.4, -0.2) is 45.4 Å². The van der Waals surface area contributed by atoms with Crippen molar-refractivity contribution < 1.29 is 14.3 Å². The summed E-state index contributed by atoms with van der Waals surface area (Å²) in [5, 5.41) is 6.32. The van der Waals surface area contributed by atoms with Gasteiger partial charge in [0, 0.05) is 38.3 Å². The fourth-order valence-corrected chi connectivity index (χ4v) is 2.34. The summed E-state index contributed by atoms with van der Waals surface area (Å²) in [6.07, 6.45) is 3.18. The molecule has 1 fully saturated rings. The van der Waals surface area contributed by atoms with E-state index in [4.69, 9.17) is 9.47 Å². The lowest BCUT2D eigenvalue weighted by Crippen LogP contribution is -2.37. The molecule has 0 radical (unpaired) electrons. The van der Waals surface area contributed by atoms with Gasteiger partial charge in [0.05, 0.1) is 6.61 Å². The van der Waals surface area contributed by atoms with Gasteiger partial charge in [-0.05, 0) is 43.7 Å². The molecule has 116 valence electrons. The second kappa shape index (κ2) is 8.64. The van der Waals surface area contributed by atoms with Crippen molar-refractivity contribution in [2.75, 3.05) is 33.4 Å². The van der Waals surface area contributed by atoms with E-state index in [2.05, 4.69) is 10.6 Å². The summed E-state index contributed by atoms with van der Waals surface area (Å²) in [5.41, 5.74) is 0.664. The Bertz CT molecular complexity index is 428. The maximum absolute atomic E-state index is 12.0. The molecule has 1 atom stereocenters. The Morgan fingerprint density at radius 3 is 2.81 bits per heavy atom. The summed E-state index contributed by atoms with van der Waals surface area (Å²) in [5.74, 6) is 0.745. The van der Waals surface area contributed by atoms with Crippen LogP contribution in [0.1, 0.15) is 29.6 Å². The van der Waals surface area contributed by atoms with Crippen molar-refractivity contribution in [3.05, 3.63) is 29.8 Å². The van der Waals surface area contributed by atoms with Crippen molar-refractivity contribution in [3.8, 4) is 5.75 Å². The summed E-state index contributed by atoms with van der Waals surface area (Å²) in [7, 11) is 1.68. The van der Waals surface area contributed by atoms with Gasteiger partial charge in [-0.25, -0.2) is 0 Å². The van der Waals surface area contributed by atoms with Gasteiger partial charge in [-0.15, -0.1) is 0 Å². The van der Waals surface area contributed by atoms with E-state index in [-0.39, 0.29) is 5.91 Å². The lowest BCUT2D eigenvalue weighted by Gasteiger charge is -2.12. The summed E-state index contributed by atoms with van der Waals surface area (Å²) in [4.78, 5) is 12.0. The van der Waals surface area contributed by atoms with Crippen LogP contribution >= 0.6 is 0 Å². The van der Waals surface area contributed by atoms with Gasteiger partial charge in [-0.1, -0.05) is 0 Å². The van der Waals surface area contributed by atoms with Crippen LogP contribution in [0.5, 0.6) is 5.75 Å². The van der Waals surface area contributed by atoms with Gasteiger partial charge < -0.3 is 20.1 Å². The van der Waals surface area contributed by atoms with Crippen LogP contribution in [0.2, 0.25) is 0 Å². The van der Waals surface area contributed by atoms with Gasteiger partial charge in [0.25, 0.3) is 5.91 Å². The Morgan fingerprint density at radius 2 is 2.14 bits per heavy atom. The molecule has 1 unspecified atom stereocenters. The van der Waals surface area contributed by atoms with Gasteiger partial charge in [-0.2, -0.15) is 0 Å². The molecule has 1 saturated heterocycles. The number of ether oxygens (including phenoxy) is 2. The highest BCUT2D eigenvalue weighted by Gasteiger charge is 2.15. The number of amides is 1. The van der Waals surface area contributed by atoms with Crippen LogP contribution in [0, 0.1) is 0 Å². The number of benzene rings is 1. The molecule has 0 bridgehead atoms. The highest BCUT2D eigenvalue weighted by Crippen LogP contribution is 2.12. The lowest BCUT2D eigenvalue weighted by atomic mass is 10.2. The summed E-state index contributed by atoms with van der Waals surface area (Å²) in [6, 6.07) is 7.66. The Hall–Kier alpha value is -1.59. The van der Waals surface area contributed by atoms with Gasteiger partial charge in [0.2, 0.25) is 0 Å². The molecule has 0 spiro atoms. The Balaban J connectivity index is 1.73. The van der Waals surface area contributed by atoms with E-state index in [9.17, 15) is 4.79 Å². The quantitative estimate of drug-likeness (QED) is 0.714. The smallest absolute Gasteiger partial charge is 0.251 e. The average Bonchev–Trinajstić information content (AvgIpc) is 3.03. The molecule has 2 rings (SSSR count). The van der Waals surface area contributed by atoms with Crippen molar-refractivity contribution in [2.24, 2.45) is 0 Å². The van der Waals surface area contributed by atoms with E-state index in [1.807, 2.05) is 12.1 Å². The molecule has 5 heteroatoms. The minimum Gasteiger partial charge on any atom is -0.494 e. The van der Waals surface area contributed by atoms with Gasteiger partial charge in [0.15, 0.2) is 0 Å². The third-order valence-electron chi connectivity index (χ3n) is 3.55. The Labute approximate surface area is 126 Å². The molecule has 2 N–H and O–H groups in total. The highest BCUT2D eigenvalue weighted by atomic mass is 16.5. The van der Waals surface area contributed by atoms with Crippen molar-refractivity contribution in [3.63, 3.8) is 0 Å². The van der Waals surface area contributed by atoms with Gasteiger partial charge in [-0.3, -0.25) is 4.79 Å². The van der Waals surface area contributed by atoms with E-state index in [1.54, 1.807) is 19.2 Å². The first-order chi connectivity index (χ1) is 10.3. The first-order valence-electron chi connectivity index (χ1n) is 7.53. The first kappa shape index (κ1) is 15.8. The second-order valence-electron chi connectivity index (χ2n) is 5.22. The van der Waals surface area contributed by atoms with Crippen molar-refractivity contribution >= 4 is 5.91 Å². The topological polar surface area (TPSA) is 59.6 Å². The number of nitrogens with one attached hydrogen (secondary N) is 2. The summed E-state index contributed by atoms with van der Waals surface area (Å²) in [6.45, 7) is 3.05. The predicted octanol–water partition coefficient (Wildman–Crippen LogP) is 1.58. The third-order valence-corrected chi connectivity index (χ3v) is 3.55. The number of hydrogen-bond donors (Lipinski definition) is 2. The minimum atomic E-state index is -0.0327. The molecule has 1 heterocycles. The zero-order valence-corrected chi connectivity index (χ0v) is 12.6. The van der Waals surface area contributed by atoms with E-state index in [0.29, 0.717) is 31.4 Å². The van der Waals surface area contributed by atoms with E-state index in [0.717, 1.165) is 25.1 Å². The molecule has 21 heavy (non-hydrogen) atoms. The van der Waals surface area contributed by atoms with Gasteiger partial charge in [0.1, 0.15) is 5.75 Å². The normalized spacial score (nSPS) is 17.7. The summed E-state index contributed by atoms with van der Waals surface area (Å²) < 4.78 is 10.5. The minimum absolute atomic E-state index is 0.0327. The van der Waals surface area contributed by atoms with Crippen molar-refractivity contribution in [2.45, 2.75) is 25.3 Å². The zero-order valence-electron chi connectivity index (χ0n) is 12.6. The molecular weight excluding hydrogens is 268 g/mol. The van der Waals surface area contributed by atoms with E-state index < -0.39 is 0 Å². The van der Waals surface area contributed by atoms with Crippen LogP contribution in [0.25, 0.3) is 0 Å². The van der Waals surface area contributed by atoms with Crippen molar-refractivity contribution in [1.29, 1.82) is 0 Å². The van der Waals surface area contributed by atoms with Crippen LogP contribution in [0.15, 0.2) is 24.3 Å². The molecule has 1 aliphatic heterocycles. The number of carbonyl (C=O) groups is 1. The molecule has 5 nitrogen and oxygen atoms in total. The monoisotopic (exact) mass is 292 g/mol. The SMILES string of the molecule is COCCCOc1ccc(C(=O)NCC2CCCN2)cc1. The highest BCUT2D eigenvalue weighted by molar-refractivity contribution is 5.94. The Kier molecular flexibility index (Phi) is 6.50. The van der Waals surface area contributed by atoms with E-state index >= 15 is 0 Å². The number of methoxy groups -OCH3 is 1. The molecule has 0 saturated carbocycles. The fourth-order valence-electron chi connectivity index (χ4n) is 2.34. The molecule has 1 aliphatic rings. The maximum Gasteiger partial charge on any atom is 0.251 e. The van der Waals surface area contributed by atoms with E-state index in [1.165, 1.54) is 6.42 Å². The number of rotatable bonds is 8. The summed E-state index contributed by atoms with van der Waals surface area (Å²) >= 11 is 0. The number of carbonyl (C=O) groups excluding carboxylic acids is 1. The predicted molar refractivity (Wildman–Crippen MR) is 81.8 cm³/mol. The van der Waals surface area contributed by atoms with Crippen LogP contribution in [-0.2, 0) is 4.74 Å². The Morgan fingerprint density at radius 1 is 1.33 bits per heavy atom. The molecule has 1 aromatic carbocycles. The molecule has 0 aromatic heterocycles. The molecule has 1 aromatic rings.